The van der Waals surface area contributed by atoms with Crippen molar-refractivity contribution in [2.75, 3.05) is 6.61 Å². The normalized spacial score (nSPS) is 11.3. The molecule has 0 aliphatic rings. The van der Waals surface area contributed by atoms with Crippen molar-refractivity contribution in [1.82, 2.24) is 4.72 Å². The van der Waals surface area contributed by atoms with Crippen molar-refractivity contribution in [2.24, 2.45) is 0 Å². The van der Waals surface area contributed by atoms with Gasteiger partial charge >= 0.3 is 11.7 Å². The number of nitrogens with one attached hydrogen (secondary N) is 1. The highest BCUT2D eigenvalue weighted by Gasteiger charge is 2.23. The summed E-state index contributed by atoms with van der Waals surface area (Å²) in [4.78, 5) is 22.4. The number of hydrogen-bond donors (Lipinski definition) is 1. The van der Waals surface area contributed by atoms with Gasteiger partial charge in [0.05, 0.1) is 22.0 Å². The summed E-state index contributed by atoms with van der Waals surface area (Å²) >= 11 is 0. The Balaban J connectivity index is 2.22. The second-order valence-electron chi connectivity index (χ2n) is 6.78. The van der Waals surface area contributed by atoms with Crippen molar-refractivity contribution < 1.29 is 27.6 Å². The van der Waals surface area contributed by atoms with Gasteiger partial charge in [0, 0.05) is 12.1 Å². The Morgan fingerprint density at radius 1 is 1.17 bits per heavy atom. The molecule has 0 aliphatic carbocycles. The molecule has 9 nitrogen and oxygen atoms in total. The smallest absolute Gasteiger partial charge is 0.338 e. The van der Waals surface area contributed by atoms with Crippen molar-refractivity contribution in [1.29, 1.82) is 0 Å². The largest absolute Gasteiger partial charge is 0.462 e. The number of nitrogens with zero attached hydrogens (tertiary/aromatic N) is 1. The minimum Gasteiger partial charge on any atom is -0.462 e. The van der Waals surface area contributed by atoms with Gasteiger partial charge < -0.3 is 9.47 Å². The molecule has 0 atom stereocenters. The minimum atomic E-state index is -3.89. The van der Waals surface area contributed by atoms with E-state index in [1.54, 1.807) is 13.8 Å². The molecule has 0 aliphatic heterocycles. The van der Waals surface area contributed by atoms with Gasteiger partial charge in [-0.1, -0.05) is 13.3 Å². The average Bonchev–Trinajstić information content (AvgIpc) is 2.67. The third-order valence-electron chi connectivity index (χ3n) is 3.88. The average molecular weight is 436 g/mol. The molecule has 1 N–H and O–H groups in total. The van der Waals surface area contributed by atoms with Crippen molar-refractivity contribution in [3.8, 4) is 11.5 Å². The number of sulfonamides is 1. The van der Waals surface area contributed by atoms with E-state index in [1.165, 1.54) is 36.4 Å². The molecule has 0 heterocycles. The molecule has 0 saturated carbocycles. The number of esters is 1. The van der Waals surface area contributed by atoms with E-state index in [0.29, 0.717) is 12.2 Å². The van der Waals surface area contributed by atoms with E-state index in [0.717, 1.165) is 18.9 Å². The van der Waals surface area contributed by atoms with Crippen molar-refractivity contribution in [2.45, 2.75) is 44.6 Å². The zero-order valence-electron chi connectivity index (χ0n) is 17.0. The highest BCUT2D eigenvalue weighted by Crippen LogP contribution is 2.33. The molecule has 0 radical (unpaired) electrons. The summed E-state index contributed by atoms with van der Waals surface area (Å²) in [6, 6.07) is 8.96. The molecule has 0 amide bonds. The van der Waals surface area contributed by atoms with Crippen LogP contribution in [0.15, 0.2) is 47.4 Å². The van der Waals surface area contributed by atoms with Gasteiger partial charge in [0.25, 0.3) is 0 Å². The Morgan fingerprint density at radius 3 is 2.40 bits per heavy atom. The lowest BCUT2D eigenvalue weighted by Gasteiger charge is -2.11. The van der Waals surface area contributed by atoms with E-state index in [4.69, 9.17) is 9.47 Å². The van der Waals surface area contributed by atoms with Crippen LogP contribution in [0.1, 0.15) is 44.0 Å². The van der Waals surface area contributed by atoms with Gasteiger partial charge in [-0.05, 0) is 56.7 Å². The van der Waals surface area contributed by atoms with Gasteiger partial charge in [-0.15, -0.1) is 0 Å². The molecule has 30 heavy (non-hydrogen) atoms. The summed E-state index contributed by atoms with van der Waals surface area (Å²) in [5.41, 5.74) is -0.168. The number of unbranched alkanes of at least 4 members (excludes halogenated alkanes) is 1. The zero-order valence-corrected chi connectivity index (χ0v) is 17.8. The summed E-state index contributed by atoms with van der Waals surface area (Å²) in [5.74, 6) is -0.339. The van der Waals surface area contributed by atoms with Gasteiger partial charge in [-0.3, -0.25) is 10.1 Å². The number of nitro groups is 1. The third kappa shape index (κ3) is 6.26. The first kappa shape index (κ1) is 23.3. The number of ether oxygens (including phenoxy) is 2. The number of benzene rings is 2. The number of rotatable bonds is 10. The van der Waals surface area contributed by atoms with Crippen LogP contribution in [-0.2, 0) is 14.8 Å². The van der Waals surface area contributed by atoms with Crippen molar-refractivity contribution in [3.05, 3.63) is 58.1 Å². The molecule has 2 rings (SSSR count). The van der Waals surface area contributed by atoms with Crippen LogP contribution in [0.3, 0.4) is 0 Å². The summed E-state index contributed by atoms with van der Waals surface area (Å²) in [6.07, 6.45) is 1.68. The van der Waals surface area contributed by atoms with E-state index < -0.39 is 26.6 Å². The number of carbonyl (C=O) groups is 1. The maximum absolute atomic E-state index is 12.3. The van der Waals surface area contributed by atoms with Gasteiger partial charge in [0.1, 0.15) is 5.75 Å². The molecule has 0 aromatic heterocycles. The second kappa shape index (κ2) is 10.2. The first-order valence-electron chi connectivity index (χ1n) is 9.40. The fourth-order valence-electron chi connectivity index (χ4n) is 2.45. The van der Waals surface area contributed by atoms with Crippen LogP contribution in [-0.4, -0.2) is 32.0 Å². The van der Waals surface area contributed by atoms with E-state index in [-0.39, 0.29) is 22.4 Å². The molecule has 2 aromatic rings. The molecule has 0 fully saturated rings. The predicted molar refractivity (Wildman–Crippen MR) is 110 cm³/mol. The van der Waals surface area contributed by atoms with Gasteiger partial charge in [-0.25, -0.2) is 17.9 Å². The van der Waals surface area contributed by atoms with E-state index in [1.807, 2.05) is 6.92 Å². The lowest BCUT2D eigenvalue weighted by atomic mass is 10.2. The second-order valence-corrected chi connectivity index (χ2v) is 8.49. The molecular weight excluding hydrogens is 412 g/mol. The van der Waals surface area contributed by atoms with Gasteiger partial charge in [0.15, 0.2) is 0 Å². The maximum Gasteiger partial charge on any atom is 0.338 e. The lowest BCUT2D eigenvalue weighted by molar-refractivity contribution is -0.385. The Hall–Kier alpha value is -2.98. The predicted octanol–water partition coefficient (Wildman–Crippen LogP) is 4.03. The van der Waals surface area contributed by atoms with Crippen LogP contribution in [0.25, 0.3) is 0 Å². The van der Waals surface area contributed by atoms with Crippen LogP contribution in [0.4, 0.5) is 5.69 Å². The zero-order chi connectivity index (χ0) is 22.3. The third-order valence-corrected chi connectivity index (χ3v) is 5.53. The first-order chi connectivity index (χ1) is 14.1. The van der Waals surface area contributed by atoms with E-state index in [9.17, 15) is 23.3 Å². The maximum atomic E-state index is 12.3. The molecule has 0 saturated heterocycles. The van der Waals surface area contributed by atoms with Crippen LogP contribution >= 0.6 is 0 Å². The molecule has 162 valence electrons. The molecule has 0 unspecified atom stereocenters. The molecule has 2 aromatic carbocycles. The summed E-state index contributed by atoms with van der Waals surface area (Å²) in [6.45, 7) is 5.61. The summed E-state index contributed by atoms with van der Waals surface area (Å²) in [7, 11) is -3.89. The van der Waals surface area contributed by atoms with E-state index >= 15 is 0 Å². The summed E-state index contributed by atoms with van der Waals surface area (Å²) < 4.78 is 37.6. The highest BCUT2D eigenvalue weighted by atomic mass is 32.2. The standard InChI is InChI=1S/C20H24N2O7S/c1-4-5-12-28-20(23)15-6-8-16(9-7-15)29-19-11-10-17(13-18(19)22(24)25)30(26,27)21-14(2)3/h6-11,13-14,21H,4-5,12H2,1-3H3. The Kier molecular flexibility index (Phi) is 7.90. The number of hydrogen-bond acceptors (Lipinski definition) is 7. The van der Waals surface area contributed by atoms with Crippen LogP contribution in [0.2, 0.25) is 0 Å². The fraction of sp³-hybridized carbons (Fsp3) is 0.350. The van der Waals surface area contributed by atoms with Crippen LogP contribution in [0.5, 0.6) is 11.5 Å². The Bertz CT molecular complexity index is 1000. The van der Waals surface area contributed by atoms with Gasteiger partial charge in [0.2, 0.25) is 15.8 Å². The van der Waals surface area contributed by atoms with E-state index in [2.05, 4.69) is 4.72 Å². The van der Waals surface area contributed by atoms with Gasteiger partial charge in [-0.2, -0.15) is 0 Å². The monoisotopic (exact) mass is 436 g/mol. The number of nitro benzene ring substituents is 1. The minimum absolute atomic E-state index is 0.123. The van der Waals surface area contributed by atoms with Crippen molar-refractivity contribution >= 4 is 21.7 Å². The summed E-state index contributed by atoms with van der Waals surface area (Å²) in [5, 5.41) is 11.4. The Morgan fingerprint density at radius 2 is 1.83 bits per heavy atom. The molecular formula is C20H24N2O7S. The molecule has 0 bridgehead atoms. The SMILES string of the molecule is CCCCOC(=O)c1ccc(Oc2ccc(S(=O)(=O)NC(C)C)cc2[N+](=O)[O-])cc1. The molecule has 0 spiro atoms. The Labute approximate surface area is 175 Å². The molecule has 10 heteroatoms. The number of carbonyl (C=O) groups excluding carboxylic acids is 1. The first-order valence-corrected chi connectivity index (χ1v) is 10.9. The highest BCUT2D eigenvalue weighted by molar-refractivity contribution is 7.89. The van der Waals surface area contributed by atoms with Crippen molar-refractivity contribution in [3.63, 3.8) is 0 Å². The quantitative estimate of drug-likeness (QED) is 0.258. The van der Waals surface area contributed by atoms with Crippen LogP contribution in [0, 0.1) is 10.1 Å². The topological polar surface area (TPSA) is 125 Å². The lowest BCUT2D eigenvalue weighted by Crippen LogP contribution is -2.30. The van der Waals surface area contributed by atoms with Crippen LogP contribution < -0.4 is 9.46 Å². The fourth-order valence-corrected chi connectivity index (χ4v) is 3.72.